The largest absolute Gasteiger partial charge is 0.395 e. The first-order chi connectivity index (χ1) is 14.5. The molecule has 1 aliphatic rings. The standard InChI is InChI=1S/C24H28N3O2S/c1-17-8-9-22-21(14-17)26(3)24(30-22)16-18-15-23(27(10-12-28)11-13-29)25(2)20-7-5-4-6-19(18)20/h4-9,14-16,28-29H,10-13H2,1-3H3/q+1. The molecule has 0 amide bonds. The average Bonchev–Trinajstić information content (AvgIpc) is 3.05. The predicted octanol–water partition coefficient (Wildman–Crippen LogP) is 3.15. The molecule has 1 aromatic heterocycles. The van der Waals surface area contributed by atoms with Gasteiger partial charge in [-0.2, -0.15) is 4.57 Å². The van der Waals surface area contributed by atoms with E-state index in [9.17, 15) is 10.2 Å². The van der Waals surface area contributed by atoms with Crippen molar-refractivity contribution in [3.05, 3.63) is 70.5 Å². The Morgan fingerprint density at radius 2 is 1.83 bits per heavy atom. The molecule has 4 rings (SSSR count). The number of anilines is 1. The van der Waals surface area contributed by atoms with Gasteiger partial charge in [0.25, 0.3) is 5.01 Å². The number of hydrogen-bond acceptors (Lipinski definition) is 5. The molecule has 30 heavy (non-hydrogen) atoms. The molecule has 2 N–H and O–H groups in total. The number of thiazole rings is 1. The molecule has 1 aliphatic heterocycles. The molecule has 0 unspecified atom stereocenters. The van der Waals surface area contributed by atoms with Crippen LogP contribution in [0, 0.1) is 6.92 Å². The van der Waals surface area contributed by atoms with Crippen LogP contribution < -0.4 is 9.47 Å². The van der Waals surface area contributed by atoms with Gasteiger partial charge in [0.15, 0.2) is 0 Å². The van der Waals surface area contributed by atoms with Crippen LogP contribution in [0.4, 0.5) is 5.69 Å². The summed E-state index contributed by atoms with van der Waals surface area (Å²) in [5.74, 6) is 0.975. The summed E-state index contributed by atoms with van der Waals surface area (Å²) in [6, 6.07) is 14.9. The van der Waals surface area contributed by atoms with E-state index in [0.717, 1.165) is 17.1 Å². The molecule has 6 heteroatoms. The summed E-state index contributed by atoms with van der Waals surface area (Å²) < 4.78 is 3.51. The normalized spacial score (nSPS) is 14.9. The molecule has 0 bridgehead atoms. The highest BCUT2D eigenvalue weighted by atomic mass is 32.1. The number of para-hydroxylation sites is 1. The third kappa shape index (κ3) is 3.74. The maximum absolute atomic E-state index is 9.53. The van der Waals surface area contributed by atoms with Crippen molar-refractivity contribution >= 4 is 38.9 Å². The fraction of sp³-hybridized carbons (Fsp3) is 0.292. The number of hydrogen-bond donors (Lipinski definition) is 2. The van der Waals surface area contributed by atoms with Gasteiger partial charge >= 0.3 is 0 Å². The van der Waals surface area contributed by atoms with Gasteiger partial charge in [-0.05, 0) is 36.3 Å². The number of fused-ring (bicyclic) bond motifs is 2. The van der Waals surface area contributed by atoms with Crippen LogP contribution in [0.5, 0.6) is 0 Å². The van der Waals surface area contributed by atoms with Gasteiger partial charge in [-0.3, -0.25) is 0 Å². The SMILES string of the molecule is Cc1ccc2sc(/C=C3/C=C(N(CCO)CCO)N(C)c4ccccc43)[n+](C)c2c1. The van der Waals surface area contributed by atoms with E-state index in [0.29, 0.717) is 13.1 Å². The maximum Gasteiger partial charge on any atom is 0.263 e. The summed E-state index contributed by atoms with van der Waals surface area (Å²) in [6.45, 7) is 3.14. The highest BCUT2D eigenvalue weighted by molar-refractivity contribution is 7.18. The molecule has 156 valence electrons. The summed E-state index contributed by atoms with van der Waals surface area (Å²) in [7, 11) is 4.14. The Morgan fingerprint density at radius 3 is 2.57 bits per heavy atom. The Kier molecular flexibility index (Phi) is 5.90. The van der Waals surface area contributed by atoms with Crippen LogP contribution in [-0.2, 0) is 7.05 Å². The molecule has 0 saturated heterocycles. The molecule has 0 radical (unpaired) electrons. The van der Waals surface area contributed by atoms with Crippen molar-refractivity contribution < 1.29 is 14.8 Å². The van der Waals surface area contributed by atoms with Gasteiger partial charge in [0.05, 0.1) is 13.2 Å². The van der Waals surface area contributed by atoms with Crippen LogP contribution in [-0.4, -0.2) is 48.5 Å². The van der Waals surface area contributed by atoms with E-state index < -0.39 is 0 Å². The number of aromatic nitrogens is 1. The quantitative estimate of drug-likeness (QED) is 0.599. The van der Waals surface area contributed by atoms with Gasteiger partial charge in [0, 0.05) is 43.5 Å². The van der Waals surface area contributed by atoms with E-state index in [1.54, 1.807) is 11.3 Å². The summed E-state index contributed by atoms with van der Waals surface area (Å²) in [4.78, 5) is 4.16. The molecular weight excluding hydrogens is 394 g/mol. The summed E-state index contributed by atoms with van der Waals surface area (Å²) in [5, 5.41) is 20.2. The topological polar surface area (TPSA) is 50.8 Å². The Balaban J connectivity index is 1.86. The molecule has 0 saturated carbocycles. The fourth-order valence-electron chi connectivity index (χ4n) is 3.99. The molecule has 2 heterocycles. The molecule has 5 nitrogen and oxygen atoms in total. The molecule has 0 fully saturated rings. The van der Waals surface area contributed by atoms with Crippen molar-refractivity contribution in [1.82, 2.24) is 4.90 Å². The average molecular weight is 423 g/mol. The third-order valence-corrected chi connectivity index (χ3v) is 6.73. The first-order valence-corrected chi connectivity index (χ1v) is 11.0. The monoisotopic (exact) mass is 422 g/mol. The number of aliphatic hydroxyl groups is 2. The van der Waals surface area contributed by atoms with Crippen molar-refractivity contribution in [3.8, 4) is 0 Å². The van der Waals surface area contributed by atoms with Crippen molar-refractivity contribution in [3.63, 3.8) is 0 Å². The molecule has 3 aromatic rings. The zero-order valence-electron chi connectivity index (χ0n) is 17.7. The molecule has 0 aliphatic carbocycles. The van der Waals surface area contributed by atoms with Gasteiger partial charge in [-0.15, -0.1) is 0 Å². The van der Waals surface area contributed by atoms with E-state index >= 15 is 0 Å². The van der Waals surface area contributed by atoms with Crippen LogP contribution in [0.25, 0.3) is 21.9 Å². The predicted molar refractivity (Wildman–Crippen MR) is 124 cm³/mol. The van der Waals surface area contributed by atoms with Crippen LogP contribution >= 0.6 is 11.3 Å². The second-order valence-electron chi connectivity index (χ2n) is 7.58. The van der Waals surface area contributed by atoms with E-state index in [4.69, 9.17) is 0 Å². The number of aryl methyl sites for hydroxylation is 2. The molecule has 2 aromatic carbocycles. The minimum Gasteiger partial charge on any atom is -0.395 e. The minimum atomic E-state index is 0.0382. The smallest absolute Gasteiger partial charge is 0.263 e. The number of rotatable bonds is 6. The van der Waals surface area contributed by atoms with Gasteiger partial charge in [0.2, 0.25) is 5.52 Å². The Morgan fingerprint density at radius 1 is 1.10 bits per heavy atom. The lowest BCUT2D eigenvalue weighted by molar-refractivity contribution is -0.642. The Hall–Kier alpha value is -2.67. The van der Waals surface area contributed by atoms with Gasteiger partial charge in [-0.1, -0.05) is 35.6 Å². The lowest BCUT2D eigenvalue weighted by Gasteiger charge is -2.37. The summed E-state index contributed by atoms with van der Waals surface area (Å²) in [5.41, 5.74) is 5.90. The van der Waals surface area contributed by atoms with Crippen molar-refractivity contribution in [1.29, 1.82) is 0 Å². The van der Waals surface area contributed by atoms with E-state index in [2.05, 4.69) is 72.0 Å². The first kappa shape index (κ1) is 20.6. The zero-order valence-corrected chi connectivity index (χ0v) is 18.5. The number of allylic oxidation sites excluding steroid dienone is 2. The van der Waals surface area contributed by atoms with Crippen LogP contribution in [0.15, 0.2) is 54.4 Å². The third-order valence-electron chi connectivity index (χ3n) is 5.57. The molecule has 0 atom stereocenters. The van der Waals surface area contributed by atoms with Crippen molar-refractivity contribution in [2.45, 2.75) is 6.92 Å². The zero-order chi connectivity index (χ0) is 21.3. The highest BCUT2D eigenvalue weighted by Crippen LogP contribution is 2.37. The van der Waals surface area contributed by atoms with E-state index in [1.165, 1.54) is 26.4 Å². The second-order valence-corrected chi connectivity index (χ2v) is 8.65. The van der Waals surface area contributed by atoms with Crippen LogP contribution in [0.2, 0.25) is 0 Å². The van der Waals surface area contributed by atoms with Crippen molar-refractivity contribution in [2.75, 3.05) is 38.3 Å². The van der Waals surface area contributed by atoms with Gasteiger partial charge in [0.1, 0.15) is 17.6 Å². The lowest BCUT2D eigenvalue weighted by Crippen LogP contribution is -2.38. The highest BCUT2D eigenvalue weighted by Gasteiger charge is 2.25. The van der Waals surface area contributed by atoms with Crippen LogP contribution in [0.1, 0.15) is 16.1 Å². The first-order valence-electron chi connectivity index (χ1n) is 10.2. The number of nitrogens with zero attached hydrogens (tertiary/aromatic N) is 3. The summed E-state index contributed by atoms with van der Waals surface area (Å²) in [6.07, 6.45) is 4.39. The Bertz CT molecular complexity index is 1130. The number of aliphatic hydroxyl groups excluding tert-OH is 2. The second kappa shape index (κ2) is 8.60. The number of benzene rings is 2. The van der Waals surface area contributed by atoms with Crippen molar-refractivity contribution in [2.24, 2.45) is 7.05 Å². The molecule has 0 spiro atoms. The van der Waals surface area contributed by atoms with Gasteiger partial charge < -0.3 is 20.0 Å². The van der Waals surface area contributed by atoms with Crippen LogP contribution in [0.3, 0.4) is 0 Å². The minimum absolute atomic E-state index is 0.0382. The lowest BCUT2D eigenvalue weighted by atomic mass is 9.98. The van der Waals surface area contributed by atoms with E-state index in [-0.39, 0.29) is 13.2 Å². The maximum atomic E-state index is 9.53. The molecular formula is C24H28N3O2S+. The Labute approximate surface area is 181 Å². The summed E-state index contributed by atoms with van der Waals surface area (Å²) >= 11 is 1.78. The van der Waals surface area contributed by atoms with Gasteiger partial charge in [-0.25, -0.2) is 0 Å². The fourth-order valence-corrected chi connectivity index (χ4v) is 5.07. The van der Waals surface area contributed by atoms with E-state index in [1.807, 2.05) is 18.0 Å².